The van der Waals surface area contributed by atoms with Crippen LogP contribution in [0.3, 0.4) is 0 Å². The van der Waals surface area contributed by atoms with Crippen molar-refractivity contribution in [2.75, 3.05) is 6.61 Å². The molecule has 1 aromatic carbocycles. The van der Waals surface area contributed by atoms with Crippen LogP contribution in [0.25, 0.3) is 0 Å². The van der Waals surface area contributed by atoms with Gasteiger partial charge < -0.3 is 20.3 Å². The molecular weight excluding hydrogens is 298 g/mol. The van der Waals surface area contributed by atoms with Gasteiger partial charge in [0.05, 0.1) is 6.61 Å². The number of nitrogens with one attached hydrogen (secondary N) is 1. The van der Waals surface area contributed by atoms with E-state index in [-0.39, 0.29) is 5.56 Å². The number of ether oxygens (including phenoxy) is 1. The van der Waals surface area contributed by atoms with E-state index in [4.69, 9.17) is 4.74 Å². The van der Waals surface area contributed by atoms with Crippen LogP contribution in [-0.2, 0) is 4.79 Å². The molecular formula is C17H25NO5. The number of amides is 1. The summed E-state index contributed by atoms with van der Waals surface area (Å²) in [5.74, 6) is -2.10. The number of hydrogen-bond acceptors (Lipinski definition) is 4. The predicted octanol–water partition coefficient (Wildman–Crippen LogP) is 2.41. The van der Waals surface area contributed by atoms with E-state index in [1.54, 1.807) is 26.0 Å². The van der Waals surface area contributed by atoms with Crippen LogP contribution >= 0.6 is 0 Å². The summed E-state index contributed by atoms with van der Waals surface area (Å²) in [6.45, 7) is 5.98. The van der Waals surface area contributed by atoms with Crippen molar-refractivity contribution in [2.45, 2.75) is 45.8 Å². The highest BCUT2D eigenvalue weighted by atomic mass is 16.5. The molecule has 0 aliphatic rings. The Labute approximate surface area is 136 Å². The maximum absolute atomic E-state index is 12.2. The summed E-state index contributed by atoms with van der Waals surface area (Å²) in [5, 5.41) is 21.6. The third-order valence-electron chi connectivity index (χ3n) is 3.84. The number of carbonyl (C=O) groups is 2. The summed E-state index contributed by atoms with van der Waals surface area (Å²) < 4.78 is 5.50. The lowest BCUT2D eigenvalue weighted by Gasteiger charge is -2.30. The number of benzene rings is 1. The molecule has 0 heterocycles. The highest BCUT2D eigenvalue weighted by Gasteiger charge is 2.42. The summed E-state index contributed by atoms with van der Waals surface area (Å²) in [4.78, 5) is 23.5. The Hall–Kier alpha value is -2.08. The minimum atomic E-state index is -2.29. The van der Waals surface area contributed by atoms with E-state index in [2.05, 4.69) is 12.2 Å². The maximum Gasteiger partial charge on any atom is 0.357 e. The second-order valence-electron chi connectivity index (χ2n) is 5.56. The van der Waals surface area contributed by atoms with Crippen LogP contribution in [0.15, 0.2) is 24.3 Å². The van der Waals surface area contributed by atoms with Crippen LogP contribution in [0.5, 0.6) is 5.75 Å². The fourth-order valence-corrected chi connectivity index (χ4v) is 1.97. The van der Waals surface area contributed by atoms with Crippen molar-refractivity contribution in [3.05, 3.63) is 29.8 Å². The Morgan fingerprint density at radius 3 is 2.35 bits per heavy atom. The van der Waals surface area contributed by atoms with Gasteiger partial charge in [-0.25, -0.2) is 4.79 Å². The Kier molecular flexibility index (Phi) is 7.03. The standard InChI is InChI=1S/C17H25NO5/c1-4-6-11-23-14-9-7-13(8-10-14)15(19)18-17(22,16(20)21)12(3)5-2/h7-10,12,22H,4-6,11H2,1-3H3,(H,18,19)(H,20,21)/t12-,17+/m0/s1. The molecule has 1 amide bonds. The van der Waals surface area contributed by atoms with Crippen LogP contribution in [0.1, 0.15) is 50.4 Å². The number of carboxylic acid groups (broad SMARTS) is 1. The minimum Gasteiger partial charge on any atom is -0.494 e. The third kappa shape index (κ3) is 4.96. The Morgan fingerprint density at radius 2 is 1.87 bits per heavy atom. The average molecular weight is 323 g/mol. The topological polar surface area (TPSA) is 95.9 Å². The normalized spacial score (nSPS) is 14.6. The number of rotatable bonds is 9. The van der Waals surface area contributed by atoms with Crippen LogP contribution in [0.4, 0.5) is 0 Å². The minimum absolute atomic E-state index is 0.260. The first-order valence-corrected chi connectivity index (χ1v) is 7.86. The van der Waals surface area contributed by atoms with Crippen molar-refractivity contribution >= 4 is 11.9 Å². The zero-order valence-corrected chi connectivity index (χ0v) is 13.8. The molecule has 128 valence electrons. The zero-order chi connectivity index (χ0) is 17.5. The van der Waals surface area contributed by atoms with Gasteiger partial charge in [0.2, 0.25) is 5.72 Å². The van der Waals surface area contributed by atoms with Gasteiger partial charge in [0, 0.05) is 11.5 Å². The second-order valence-corrected chi connectivity index (χ2v) is 5.56. The number of aliphatic carboxylic acids is 1. The first-order chi connectivity index (χ1) is 10.8. The largest absolute Gasteiger partial charge is 0.494 e. The molecule has 0 saturated heterocycles. The van der Waals surface area contributed by atoms with Crippen molar-refractivity contribution in [2.24, 2.45) is 5.92 Å². The van der Waals surface area contributed by atoms with Gasteiger partial charge >= 0.3 is 5.97 Å². The lowest BCUT2D eigenvalue weighted by Crippen LogP contribution is -2.58. The number of carboxylic acids is 1. The molecule has 0 aliphatic carbocycles. The number of hydrogen-bond donors (Lipinski definition) is 3. The number of carbonyl (C=O) groups excluding carboxylic acids is 1. The van der Waals surface area contributed by atoms with Crippen molar-refractivity contribution < 1.29 is 24.5 Å². The smallest absolute Gasteiger partial charge is 0.357 e. The molecule has 6 heteroatoms. The van der Waals surface area contributed by atoms with E-state index in [9.17, 15) is 19.8 Å². The quantitative estimate of drug-likeness (QED) is 0.479. The highest BCUT2D eigenvalue weighted by Crippen LogP contribution is 2.20. The van der Waals surface area contributed by atoms with Crippen LogP contribution in [0.2, 0.25) is 0 Å². The van der Waals surface area contributed by atoms with Gasteiger partial charge in [-0.3, -0.25) is 4.79 Å². The molecule has 0 fully saturated rings. The van der Waals surface area contributed by atoms with E-state index in [1.807, 2.05) is 0 Å². The van der Waals surface area contributed by atoms with E-state index in [1.165, 1.54) is 12.1 Å². The van der Waals surface area contributed by atoms with Crippen LogP contribution in [-0.4, -0.2) is 34.4 Å². The fourth-order valence-electron chi connectivity index (χ4n) is 1.97. The van der Waals surface area contributed by atoms with E-state index in [0.29, 0.717) is 18.8 Å². The summed E-state index contributed by atoms with van der Waals surface area (Å²) in [7, 11) is 0. The fraction of sp³-hybridized carbons (Fsp3) is 0.529. The summed E-state index contributed by atoms with van der Waals surface area (Å²) in [5.41, 5.74) is -2.03. The van der Waals surface area contributed by atoms with Gasteiger partial charge in [0.15, 0.2) is 0 Å². The lowest BCUT2D eigenvalue weighted by molar-refractivity contribution is -0.167. The van der Waals surface area contributed by atoms with Crippen molar-refractivity contribution in [1.82, 2.24) is 5.32 Å². The highest BCUT2D eigenvalue weighted by molar-refractivity contribution is 5.97. The first kappa shape index (κ1) is 19.0. The number of unbranched alkanes of at least 4 members (excludes halogenated alkanes) is 1. The SMILES string of the molecule is CCCCOc1ccc(C(=O)N[C@](O)(C(=O)O)[C@@H](C)CC)cc1. The molecule has 23 heavy (non-hydrogen) atoms. The zero-order valence-electron chi connectivity index (χ0n) is 13.8. The maximum atomic E-state index is 12.2. The second kappa shape index (κ2) is 8.53. The molecule has 0 radical (unpaired) electrons. The molecule has 2 atom stereocenters. The van der Waals surface area contributed by atoms with Crippen LogP contribution in [0, 0.1) is 5.92 Å². The van der Waals surface area contributed by atoms with Gasteiger partial charge in [-0.2, -0.15) is 0 Å². The number of aliphatic hydroxyl groups is 1. The molecule has 0 spiro atoms. The van der Waals surface area contributed by atoms with Crippen LogP contribution < -0.4 is 10.1 Å². The summed E-state index contributed by atoms with van der Waals surface area (Å²) in [6.07, 6.45) is 2.39. The molecule has 1 rings (SSSR count). The summed E-state index contributed by atoms with van der Waals surface area (Å²) >= 11 is 0. The molecule has 1 aromatic rings. The lowest BCUT2D eigenvalue weighted by atomic mass is 9.94. The molecule has 0 unspecified atom stereocenters. The molecule has 3 N–H and O–H groups in total. The molecule has 0 aromatic heterocycles. The van der Waals surface area contributed by atoms with E-state index in [0.717, 1.165) is 12.8 Å². The predicted molar refractivity (Wildman–Crippen MR) is 86.4 cm³/mol. The first-order valence-electron chi connectivity index (χ1n) is 7.86. The van der Waals surface area contributed by atoms with Crippen molar-refractivity contribution in [1.29, 1.82) is 0 Å². The monoisotopic (exact) mass is 323 g/mol. The van der Waals surface area contributed by atoms with E-state index < -0.39 is 23.5 Å². The summed E-state index contributed by atoms with van der Waals surface area (Å²) in [6, 6.07) is 6.37. The van der Waals surface area contributed by atoms with Gasteiger partial charge in [-0.15, -0.1) is 0 Å². The molecule has 6 nitrogen and oxygen atoms in total. The molecule has 0 bridgehead atoms. The molecule has 0 saturated carbocycles. The van der Waals surface area contributed by atoms with Gasteiger partial charge in [-0.1, -0.05) is 27.2 Å². The Balaban J connectivity index is 2.78. The average Bonchev–Trinajstić information content (AvgIpc) is 2.54. The van der Waals surface area contributed by atoms with Gasteiger partial charge in [0.1, 0.15) is 5.75 Å². The van der Waals surface area contributed by atoms with E-state index >= 15 is 0 Å². The van der Waals surface area contributed by atoms with Crippen molar-refractivity contribution in [3.8, 4) is 5.75 Å². The Morgan fingerprint density at radius 1 is 1.26 bits per heavy atom. The molecule has 0 aliphatic heterocycles. The van der Waals surface area contributed by atoms with Crippen molar-refractivity contribution in [3.63, 3.8) is 0 Å². The Bertz CT molecular complexity index is 528. The third-order valence-corrected chi connectivity index (χ3v) is 3.84. The van der Waals surface area contributed by atoms with Gasteiger partial charge in [0.25, 0.3) is 5.91 Å². The van der Waals surface area contributed by atoms with Gasteiger partial charge in [-0.05, 0) is 37.1 Å².